The first-order chi connectivity index (χ1) is 9.37. The minimum Gasteiger partial charge on any atom is -0.334 e. The molecule has 2 unspecified atom stereocenters. The van der Waals surface area contributed by atoms with Crippen molar-refractivity contribution in [1.29, 1.82) is 0 Å². The van der Waals surface area contributed by atoms with Crippen LogP contribution in [0.4, 0.5) is 4.79 Å². The van der Waals surface area contributed by atoms with Gasteiger partial charge in [0.1, 0.15) is 0 Å². The van der Waals surface area contributed by atoms with Gasteiger partial charge in [0.25, 0.3) is 0 Å². The highest BCUT2D eigenvalue weighted by Crippen LogP contribution is 2.22. The van der Waals surface area contributed by atoms with Crippen molar-refractivity contribution in [3.05, 3.63) is 20.8 Å². The number of halogens is 1. The summed E-state index contributed by atoms with van der Waals surface area (Å²) in [6.45, 7) is 2.16. The number of hydrogen-bond donors (Lipinski definition) is 2. The third kappa shape index (κ3) is 4.20. The maximum absolute atomic E-state index is 11.8. The second kappa shape index (κ2) is 6.44. The summed E-state index contributed by atoms with van der Waals surface area (Å²) in [5, 5.41) is 5.18. The smallest absolute Gasteiger partial charge is 0.315 e. The fourth-order valence-electron chi connectivity index (χ4n) is 2.11. The van der Waals surface area contributed by atoms with Gasteiger partial charge in [0.05, 0.1) is 21.3 Å². The summed E-state index contributed by atoms with van der Waals surface area (Å²) in [5.41, 5.74) is 0. The Labute approximate surface area is 131 Å². The summed E-state index contributed by atoms with van der Waals surface area (Å²) in [7, 11) is -3.07. The first-order valence-corrected chi connectivity index (χ1v) is 9.69. The number of amides is 2. The zero-order valence-corrected chi connectivity index (χ0v) is 14.3. The number of nitrogens with one attached hydrogen (secondary N) is 2. The molecule has 0 bridgehead atoms. The normalized spacial score (nSPS) is 25.1. The number of hydrogen-bond acceptors (Lipinski definition) is 4. The standard InChI is InChI=1S/C12H17BrN2O3S2/c1-8-2-3-9(7-20(8,17)18)15-12(16)14-6-10-4-5-11(13)19-10/h4-5,8-9H,2-3,6-7H2,1H3,(H2,14,15,16). The summed E-state index contributed by atoms with van der Waals surface area (Å²) in [4.78, 5) is 12.8. The van der Waals surface area contributed by atoms with Crippen molar-refractivity contribution >= 4 is 43.1 Å². The Hall–Kier alpha value is -0.600. The fraction of sp³-hybridized carbons (Fsp3) is 0.583. The van der Waals surface area contributed by atoms with Crippen molar-refractivity contribution in [2.45, 2.75) is 37.6 Å². The largest absolute Gasteiger partial charge is 0.334 e. The lowest BCUT2D eigenvalue weighted by atomic mass is 10.1. The SMILES string of the molecule is CC1CCC(NC(=O)NCc2ccc(Br)s2)CS1(=O)=O. The number of carbonyl (C=O) groups excluding carboxylic acids is 1. The second-order valence-electron chi connectivity index (χ2n) is 4.95. The molecule has 0 spiro atoms. The molecule has 20 heavy (non-hydrogen) atoms. The molecule has 5 nitrogen and oxygen atoms in total. The van der Waals surface area contributed by atoms with Crippen LogP contribution in [0.2, 0.25) is 0 Å². The molecule has 0 radical (unpaired) electrons. The van der Waals surface area contributed by atoms with Crippen LogP contribution in [0.3, 0.4) is 0 Å². The van der Waals surface area contributed by atoms with E-state index in [2.05, 4.69) is 26.6 Å². The molecule has 112 valence electrons. The zero-order chi connectivity index (χ0) is 14.8. The second-order valence-corrected chi connectivity index (χ2v) is 9.96. The predicted octanol–water partition coefficient (Wildman–Crippen LogP) is 2.28. The van der Waals surface area contributed by atoms with E-state index in [9.17, 15) is 13.2 Å². The monoisotopic (exact) mass is 380 g/mol. The minimum atomic E-state index is -3.07. The predicted molar refractivity (Wildman–Crippen MR) is 83.7 cm³/mol. The molecule has 1 aromatic heterocycles. The highest BCUT2D eigenvalue weighted by molar-refractivity contribution is 9.11. The average Bonchev–Trinajstić information content (AvgIpc) is 2.77. The van der Waals surface area contributed by atoms with Crippen LogP contribution in [-0.4, -0.2) is 31.5 Å². The van der Waals surface area contributed by atoms with Crippen molar-refractivity contribution in [3.8, 4) is 0 Å². The number of carbonyl (C=O) groups is 1. The summed E-state index contributed by atoms with van der Waals surface area (Å²) in [6.07, 6.45) is 1.31. The molecule has 2 rings (SSSR count). The number of rotatable bonds is 3. The van der Waals surface area contributed by atoms with Gasteiger partial charge in [-0.05, 0) is 47.8 Å². The molecular formula is C12H17BrN2O3S2. The van der Waals surface area contributed by atoms with Gasteiger partial charge in [-0.25, -0.2) is 13.2 Å². The van der Waals surface area contributed by atoms with Crippen LogP contribution in [0.5, 0.6) is 0 Å². The third-order valence-corrected chi connectivity index (χ3v) is 7.31. The highest BCUT2D eigenvalue weighted by Gasteiger charge is 2.31. The Morgan fingerprint density at radius 3 is 2.80 bits per heavy atom. The molecule has 1 aliphatic rings. The molecular weight excluding hydrogens is 364 g/mol. The van der Waals surface area contributed by atoms with E-state index in [1.165, 1.54) is 0 Å². The molecule has 2 amide bonds. The Balaban J connectivity index is 1.80. The van der Waals surface area contributed by atoms with Gasteiger partial charge >= 0.3 is 6.03 Å². The molecule has 1 aliphatic heterocycles. The molecule has 0 aromatic carbocycles. The molecule has 0 aliphatic carbocycles. The average molecular weight is 381 g/mol. The molecule has 8 heteroatoms. The van der Waals surface area contributed by atoms with Gasteiger partial charge in [0.2, 0.25) is 0 Å². The highest BCUT2D eigenvalue weighted by atomic mass is 79.9. The molecule has 1 aromatic rings. The summed E-state index contributed by atoms with van der Waals surface area (Å²) < 4.78 is 24.6. The van der Waals surface area contributed by atoms with E-state index >= 15 is 0 Å². The van der Waals surface area contributed by atoms with Crippen molar-refractivity contribution < 1.29 is 13.2 Å². The number of thiophene rings is 1. The summed E-state index contributed by atoms with van der Waals surface area (Å²) >= 11 is 4.91. The van der Waals surface area contributed by atoms with E-state index < -0.39 is 9.84 Å². The van der Waals surface area contributed by atoms with Crippen LogP contribution in [-0.2, 0) is 16.4 Å². The van der Waals surface area contributed by atoms with Gasteiger partial charge in [0, 0.05) is 10.9 Å². The molecule has 0 saturated carbocycles. The fourth-order valence-corrected chi connectivity index (χ4v) is 5.17. The van der Waals surface area contributed by atoms with Crippen molar-refractivity contribution in [1.82, 2.24) is 10.6 Å². The lowest BCUT2D eigenvalue weighted by molar-refractivity contribution is 0.236. The molecule has 1 fully saturated rings. The number of sulfone groups is 1. The van der Waals surface area contributed by atoms with Gasteiger partial charge < -0.3 is 10.6 Å². The van der Waals surface area contributed by atoms with Gasteiger partial charge in [-0.15, -0.1) is 11.3 Å². The summed E-state index contributed by atoms with van der Waals surface area (Å²) in [5.74, 6) is 0.0339. The lowest BCUT2D eigenvalue weighted by Crippen LogP contribution is -2.48. The first-order valence-electron chi connectivity index (χ1n) is 6.37. The Morgan fingerprint density at radius 1 is 1.45 bits per heavy atom. The third-order valence-electron chi connectivity index (χ3n) is 3.36. The van der Waals surface area contributed by atoms with Gasteiger partial charge in [0.15, 0.2) is 9.84 Å². The quantitative estimate of drug-likeness (QED) is 0.844. The van der Waals surface area contributed by atoms with Gasteiger partial charge in [-0.1, -0.05) is 0 Å². The molecule has 2 N–H and O–H groups in total. The Kier molecular flexibility index (Phi) is 5.09. The number of urea groups is 1. The van der Waals surface area contributed by atoms with Crippen LogP contribution in [0.15, 0.2) is 15.9 Å². The molecule has 1 saturated heterocycles. The van der Waals surface area contributed by atoms with E-state index in [0.717, 1.165) is 8.66 Å². The summed E-state index contributed by atoms with van der Waals surface area (Å²) in [6, 6.07) is 3.26. The Morgan fingerprint density at radius 2 is 2.20 bits per heavy atom. The Bertz CT molecular complexity index is 585. The molecule has 2 atom stereocenters. The van der Waals surface area contributed by atoms with Gasteiger partial charge in [-0.2, -0.15) is 0 Å². The van der Waals surface area contributed by atoms with Crippen LogP contribution >= 0.6 is 27.3 Å². The van der Waals surface area contributed by atoms with E-state index in [4.69, 9.17) is 0 Å². The van der Waals surface area contributed by atoms with Crippen molar-refractivity contribution in [2.24, 2.45) is 0 Å². The maximum Gasteiger partial charge on any atom is 0.315 e. The minimum absolute atomic E-state index is 0.0339. The lowest BCUT2D eigenvalue weighted by Gasteiger charge is -2.27. The topological polar surface area (TPSA) is 75.3 Å². The van der Waals surface area contributed by atoms with Crippen LogP contribution in [0.25, 0.3) is 0 Å². The van der Waals surface area contributed by atoms with Gasteiger partial charge in [-0.3, -0.25) is 0 Å². The molecule has 2 heterocycles. The maximum atomic E-state index is 11.8. The van der Waals surface area contributed by atoms with Crippen molar-refractivity contribution in [2.75, 3.05) is 5.75 Å². The van der Waals surface area contributed by atoms with E-state index in [1.54, 1.807) is 18.3 Å². The zero-order valence-electron chi connectivity index (χ0n) is 11.1. The van der Waals surface area contributed by atoms with E-state index in [1.807, 2.05) is 12.1 Å². The first kappa shape index (κ1) is 15.8. The van der Waals surface area contributed by atoms with Crippen LogP contribution < -0.4 is 10.6 Å². The van der Waals surface area contributed by atoms with Crippen LogP contribution in [0.1, 0.15) is 24.6 Å². The van der Waals surface area contributed by atoms with Crippen LogP contribution in [0, 0.1) is 0 Å². The van der Waals surface area contributed by atoms with E-state index in [-0.39, 0.29) is 23.1 Å². The van der Waals surface area contributed by atoms with Crippen molar-refractivity contribution in [3.63, 3.8) is 0 Å². The van der Waals surface area contributed by atoms with E-state index in [0.29, 0.717) is 19.4 Å².